The van der Waals surface area contributed by atoms with Crippen molar-refractivity contribution < 1.29 is 15.0 Å². The van der Waals surface area contributed by atoms with Crippen LogP contribution in [0.4, 0.5) is 0 Å². The minimum atomic E-state index is -0.252. The van der Waals surface area contributed by atoms with Crippen molar-refractivity contribution in [2.24, 2.45) is 0 Å². The van der Waals surface area contributed by atoms with Crippen LogP contribution in [0.2, 0.25) is 5.02 Å². The number of halogens is 1. The number of aliphatic hydroxyl groups is 2. The first kappa shape index (κ1) is 14.7. The molecule has 0 aliphatic carbocycles. The lowest BCUT2D eigenvalue weighted by molar-refractivity contribution is -0.126. The second-order valence-electron chi connectivity index (χ2n) is 3.66. The summed E-state index contributed by atoms with van der Waals surface area (Å²) in [6, 6.07) is 7.13. The van der Waals surface area contributed by atoms with Gasteiger partial charge in [-0.3, -0.25) is 4.79 Å². The summed E-state index contributed by atoms with van der Waals surface area (Å²) in [5.74, 6) is -0.252. The number of carbonyl (C=O) groups is 1. The Balaban J connectivity index is 2.67. The fourth-order valence-corrected chi connectivity index (χ4v) is 1.66. The van der Waals surface area contributed by atoms with Crippen LogP contribution in [0.25, 0.3) is 6.08 Å². The van der Waals surface area contributed by atoms with E-state index in [0.29, 0.717) is 5.02 Å². The summed E-state index contributed by atoms with van der Waals surface area (Å²) in [7, 11) is 0. The Bertz CT molecular complexity index is 414. The van der Waals surface area contributed by atoms with Crippen molar-refractivity contribution in [3.05, 3.63) is 40.9 Å². The van der Waals surface area contributed by atoms with Crippen LogP contribution in [0.5, 0.6) is 0 Å². The predicted octanol–water partition coefficient (Wildman–Crippen LogP) is 1.17. The number of rotatable bonds is 6. The van der Waals surface area contributed by atoms with Crippen molar-refractivity contribution in [1.29, 1.82) is 0 Å². The maximum Gasteiger partial charge on any atom is 0.246 e. The first-order chi connectivity index (χ1) is 8.67. The maximum absolute atomic E-state index is 11.8. The topological polar surface area (TPSA) is 60.8 Å². The molecule has 0 saturated carbocycles. The van der Waals surface area contributed by atoms with Gasteiger partial charge in [0.25, 0.3) is 0 Å². The maximum atomic E-state index is 11.8. The molecule has 1 rings (SSSR count). The molecule has 4 nitrogen and oxygen atoms in total. The molecule has 0 bridgehead atoms. The Labute approximate surface area is 111 Å². The Hall–Kier alpha value is -1.36. The minimum absolute atomic E-state index is 0.128. The van der Waals surface area contributed by atoms with Crippen LogP contribution in [-0.4, -0.2) is 47.3 Å². The van der Waals surface area contributed by atoms with Crippen LogP contribution in [-0.2, 0) is 4.79 Å². The minimum Gasteiger partial charge on any atom is -0.395 e. The van der Waals surface area contributed by atoms with Crippen molar-refractivity contribution in [1.82, 2.24) is 4.90 Å². The molecule has 1 aromatic rings. The highest BCUT2D eigenvalue weighted by atomic mass is 35.5. The summed E-state index contributed by atoms with van der Waals surface area (Å²) >= 11 is 5.83. The van der Waals surface area contributed by atoms with Gasteiger partial charge in [0.15, 0.2) is 0 Å². The molecule has 5 heteroatoms. The van der Waals surface area contributed by atoms with Crippen LogP contribution in [0.3, 0.4) is 0 Å². The van der Waals surface area contributed by atoms with E-state index in [-0.39, 0.29) is 32.2 Å². The SMILES string of the molecule is O=C(/C=C/c1cccc(Cl)c1)N(CCO)CCO. The number of hydrogen-bond acceptors (Lipinski definition) is 3. The van der Waals surface area contributed by atoms with Crippen molar-refractivity contribution in [2.75, 3.05) is 26.3 Å². The van der Waals surface area contributed by atoms with E-state index in [1.54, 1.807) is 24.3 Å². The summed E-state index contributed by atoms with van der Waals surface area (Å²) in [6.07, 6.45) is 3.05. The molecule has 0 fully saturated rings. The average Bonchev–Trinajstić information content (AvgIpc) is 2.36. The summed E-state index contributed by atoms with van der Waals surface area (Å²) in [4.78, 5) is 13.1. The lowest BCUT2D eigenvalue weighted by atomic mass is 10.2. The third-order valence-electron chi connectivity index (χ3n) is 2.32. The van der Waals surface area contributed by atoms with Gasteiger partial charge < -0.3 is 15.1 Å². The summed E-state index contributed by atoms with van der Waals surface area (Å²) in [6.45, 7) is 0.159. The van der Waals surface area contributed by atoms with Gasteiger partial charge in [0.1, 0.15) is 0 Å². The Kier molecular flexibility index (Phi) is 6.43. The Morgan fingerprint density at radius 1 is 1.28 bits per heavy atom. The zero-order chi connectivity index (χ0) is 13.4. The standard InChI is InChI=1S/C13H16ClNO3/c14-12-3-1-2-11(10-12)4-5-13(18)15(6-8-16)7-9-17/h1-5,10,16-17H,6-9H2/b5-4+. The third-order valence-corrected chi connectivity index (χ3v) is 2.55. The van der Waals surface area contributed by atoms with Crippen LogP contribution in [0.15, 0.2) is 30.3 Å². The zero-order valence-corrected chi connectivity index (χ0v) is 10.7. The van der Waals surface area contributed by atoms with Gasteiger partial charge >= 0.3 is 0 Å². The van der Waals surface area contributed by atoms with E-state index in [1.165, 1.54) is 11.0 Å². The highest BCUT2D eigenvalue weighted by molar-refractivity contribution is 6.30. The number of aliphatic hydroxyl groups excluding tert-OH is 2. The molecule has 0 radical (unpaired) electrons. The van der Waals surface area contributed by atoms with E-state index in [1.807, 2.05) is 6.07 Å². The highest BCUT2D eigenvalue weighted by Crippen LogP contribution is 2.11. The van der Waals surface area contributed by atoms with E-state index >= 15 is 0 Å². The number of nitrogens with zero attached hydrogens (tertiary/aromatic N) is 1. The van der Waals surface area contributed by atoms with Gasteiger partial charge in [-0.15, -0.1) is 0 Å². The number of hydrogen-bond donors (Lipinski definition) is 2. The molecule has 0 heterocycles. The fourth-order valence-electron chi connectivity index (χ4n) is 1.46. The molecular formula is C13H16ClNO3. The van der Waals surface area contributed by atoms with Crippen LogP contribution in [0, 0.1) is 0 Å². The van der Waals surface area contributed by atoms with Gasteiger partial charge in [0.05, 0.1) is 13.2 Å². The van der Waals surface area contributed by atoms with E-state index in [0.717, 1.165) is 5.56 Å². The predicted molar refractivity (Wildman–Crippen MR) is 71.2 cm³/mol. The van der Waals surface area contributed by atoms with Gasteiger partial charge in [0.2, 0.25) is 5.91 Å². The van der Waals surface area contributed by atoms with Gasteiger partial charge in [-0.2, -0.15) is 0 Å². The van der Waals surface area contributed by atoms with Gasteiger partial charge in [-0.25, -0.2) is 0 Å². The lowest BCUT2D eigenvalue weighted by Crippen LogP contribution is -2.34. The molecule has 1 aromatic carbocycles. The molecule has 0 aliphatic heterocycles. The molecule has 0 aromatic heterocycles. The fraction of sp³-hybridized carbons (Fsp3) is 0.308. The van der Waals surface area contributed by atoms with E-state index < -0.39 is 0 Å². The van der Waals surface area contributed by atoms with Gasteiger partial charge in [-0.05, 0) is 23.8 Å². The molecule has 0 saturated heterocycles. The second kappa shape index (κ2) is 7.87. The first-order valence-electron chi connectivity index (χ1n) is 5.61. The summed E-state index contributed by atoms with van der Waals surface area (Å²) in [5.41, 5.74) is 0.823. The van der Waals surface area contributed by atoms with Crippen LogP contribution in [0.1, 0.15) is 5.56 Å². The lowest BCUT2D eigenvalue weighted by Gasteiger charge is -2.18. The molecule has 18 heavy (non-hydrogen) atoms. The summed E-state index contributed by atoms with van der Waals surface area (Å²) in [5, 5.41) is 18.2. The van der Waals surface area contributed by atoms with Crippen LogP contribution < -0.4 is 0 Å². The summed E-state index contributed by atoms with van der Waals surface area (Å²) < 4.78 is 0. The van der Waals surface area contributed by atoms with Crippen molar-refractivity contribution >= 4 is 23.6 Å². The largest absolute Gasteiger partial charge is 0.395 e. The zero-order valence-electron chi connectivity index (χ0n) is 9.92. The number of carbonyl (C=O) groups excluding carboxylic acids is 1. The van der Waals surface area contributed by atoms with Crippen molar-refractivity contribution in [3.8, 4) is 0 Å². The molecule has 98 valence electrons. The normalized spacial score (nSPS) is 10.8. The molecular weight excluding hydrogens is 254 g/mol. The third kappa shape index (κ3) is 4.87. The monoisotopic (exact) mass is 269 g/mol. The molecule has 1 amide bonds. The first-order valence-corrected chi connectivity index (χ1v) is 5.99. The molecule has 0 spiro atoms. The average molecular weight is 270 g/mol. The van der Waals surface area contributed by atoms with E-state index in [2.05, 4.69) is 0 Å². The molecule has 2 N–H and O–H groups in total. The molecule has 0 atom stereocenters. The molecule has 0 unspecified atom stereocenters. The molecule has 0 aliphatic rings. The van der Waals surface area contributed by atoms with E-state index in [9.17, 15) is 4.79 Å². The number of amides is 1. The Morgan fingerprint density at radius 3 is 2.50 bits per heavy atom. The van der Waals surface area contributed by atoms with Gasteiger partial charge in [0, 0.05) is 24.2 Å². The van der Waals surface area contributed by atoms with Crippen molar-refractivity contribution in [3.63, 3.8) is 0 Å². The van der Waals surface area contributed by atoms with Gasteiger partial charge in [-0.1, -0.05) is 23.7 Å². The Morgan fingerprint density at radius 2 is 1.94 bits per heavy atom. The highest BCUT2D eigenvalue weighted by Gasteiger charge is 2.08. The van der Waals surface area contributed by atoms with Crippen LogP contribution >= 0.6 is 11.6 Å². The smallest absolute Gasteiger partial charge is 0.246 e. The van der Waals surface area contributed by atoms with Crippen molar-refractivity contribution in [2.45, 2.75) is 0 Å². The quantitative estimate of drug-likeness (QED) is 0.762. The van der Waals surface area contributed by atoms with E-state index in [4.69, 9.17) is 21.8 Å². The second-order valence-corrected chi connectivity index (χ2v) is 4.10. The number of benzene rings is 1.